The monoisotopic (exact) mass is 196 g/mol. The number of hydrogen-bond acceptors (Lipinski definition) is 5. The largest absolute Gasteiger partial charge is 0.469 e. The Bertz CT molecular complexity index is 408. The minimum absolute atomic E-state index is 0.510. The fourth-order valence-electron chi connectivity index (χ4n) is 1.01. The molecule has 2 aromatic rings. The third-order valence-corrected chi connectivity index (χ3v) is 2.18. The van der Waals surface area contributed by atoms with Crippen molar-refractivity contribution in [3.05, 3.63) is 18.1 Å². The highest BCUT2D eigenvalue weighted by atomic mass is 32.2. The van der Waals surface area contributed by atoms with E-state index in [4.69, 9.17) is 8.83 Å². The second kappa shape index (κ2) is 3.26. The molecule has 2 rings (SSSR count). The molecule has 5 heteroatoms. The predicted octanol–water partition coefficient (Wildman–Crippen LogP) is 2.36. The number of hydrogen-bond donors (Lipinski definition) is 0. The van der Waals surface area contributed by atoms with E-state index in [9.17, 15) is 0 Å². The maximum absolute atomic E-state index is 5.34. The Labute approximate surface area is 79.3 Å². The van der Waals surface area contributed by atoms with Gasteiger partial charge in [0.15, 0.2) is 0 Å². The van der Waals surface area contributed by atoms with Gasteiger partial charge in [-0.1, -0.05) is 11.8 Å². The molecule has 0 amide bonds. The molecule has 0 saturated heterocycles. The highest BCUT2D eigenvalue weighted by molar-refractivity contribution is 7.98. The lowest BCUT2D eigenvalue weighted by Crippen LogP contribution is -1.76. The summed E-state index contributed by atoms with van der Waals surface area (Å²) in [5.74, 6) is 1.30. The van der Waals surface area contributed by atoms with Gasteiger partial charge in [-0.15, -0.1) is 10.2 Å². The van der Waals surface area contributed by atoms with Crippen LogP contribution in [0, 0.1) is 6.92 Å². The van der Waals surface area contributed by atoms with Gasteiger partial charge >= 0.3 is 0 Å². The number of furan rings is 1. The highest BCUT2D eigenvalue weighted by Crippen LogP contribution is 2.24. The molecule has 0 aliphatic heterocycles. The molecule has 4 nitrogen and oxygen atoms in total. The van der Waals surface area contributed by atoms with Crippen LogP contribution in [0.4, 0.5) is 0 Å². The van der Waals surface area contributed by atoms with Gasteiger partial charge in [0.2, 0.25) is 0 Å². The number of aromatic nitrogens is 2. The molecular weight excluding hydrogens is 188 g/mol. The van der Waals surface area contributed by atoms with E-state index in [1.165, 1.54) is 11.8 Å². The molecule has 0 aromatic carbocycles. The van der Waals surface area contributed by atoms with Crippen molar-refractivity contribution in [2.75, 3.05) is 6.26 Å². The van der Waals surface area contributed by atoms with Crippen LogP contribution in [0.15, 0.2) is 26.4 Å². The SMILES string of the molecule is CSc1nnc(-c2ccoc2C)o1. The van der Waals surface area contributed by atoms with Gasteiger partial charge in [0.1, 0.15) is 5.76 Å². The van der Waals surface area contributed by atoms with E-state index in [-0.39, 0.29) is 0 Å². The van der Waals surface area contributed by atoms with Crippen molar-refractivity contribution in [3.8, 4) is 11.5 Å². The van der Waals surface area contributed by atoms with E-state index >= 15 is 0 Å². The first-order valence-electron chi connectivity index (χ1n) is 3.73. The molecule has 0 aliphatic rings. The molecule has 2 aromatic heterocycles. The molecular formula is C8H8N2O2S. The molecule has 68 valence electrons. The molecule has 0 N–H and O–H groups in total. The molecule has 0 unspecified atom stereocenters. The van der Waals surface area contributed by atoms with Gasteiger partial charge < -0.3 is 8.83 Å². The summed E-state index contributed by atoms with van der Waals surface area (Å²) in [5.41, 5.74) is 0.854. The number of nitrogens with zero attached hydrogens (tertiary/aromatic N) is 2. The third-order valence-electron chi connectivity index (χ3n) is 1.67. The summed E-state index contributed by atoms with van der Waals surface area (Å²) in [5, 5.41) is 8.29. The van der Waals surface area contributed by atoms with E-state index in [2.05, 4.69) is 10.2 Å². The van der Waals surface area contributed by atoms with Crippen molar-refractivity contribution < 1.29 is 8.83 Å². The molecule has 13 heavy (non-hydrogen) atoms. The van der Waals surface area contributed by atoms with Crippen LogP contribution >= 0.6 is 11.8 Å². The predicted molar refractivity (Wildman–Crippen MR) is 48.5 cm³/mol. The Morgan fingerprint density at radius 1 is 1.38 bits per heavy atom. The Morgan fingerprint density at radius 2 is 2.23 bits per heavy atom. The Balaban J connectivity index is 2.41. The lowest BCUT2D eigenvalue weighted by atomic mass is 10.3. The quantitative estimate of drug-likeness (QED) is 0.690. The summed E-state index contributed by atoms with van der Waals surface area (Å²) in [6.45, 7) is 1.86. The van der Waals surface area contributed by atoms with E-state index in [1.807, 2.05) is 19.2 Å². The van der Waals surface area contributed by atoms with Crippen LogP contribution in [-0.2, 0) is 0 Å². The van der Waals surface area contributed by atoms with E-state index in [1.54, 1.807) is 6.26 Å². The smallest absolute Gasteiger partial charge is 0.276 e. The molecule has 0 bridgehead atoms. The summed E-state index contributed by atoms with van der Waals surface area (Å²) in [6, 6.07) is 1.81. The van der Waals surface area contributed by atoms with Gasteiger partial charge in [0, 0.05) is 0 Å². The van der Waals surface area contributed by atoms with Crippen LogP contribution in [0.3, 0.4) is 0 Å². The van der Waals surface area contributed by atoms with Gasteiger partial charge in [0.05, 0.1) is 11.8 Å². The lowest BCUT2D eigenvalue weighted by Gasteiger charge is -1.88. The first kappa shape index (κ1) is 8.37. The Kier molecular flexibility index (Phi) is 2.10. The van der Waals surface area contributed by atoms with E-state index in [0.717, 1.165) is 11.3 Å². The maximum Gasteiger partial charge on any atom is 0.276 e. The Morgan fingerprint density at radius 3 is 2.77 bits per heavy atom. The van der Waals surface area contributed by atoms with Crippen molar-refractivity contribution in [2.45, 2.75) is 12.1 Å². The van der Waals surface area contributed by atoms with Crippen molar-refractivity contribution in [1.82, 2.24) is 10.2 Å². The van der Waals surface area contributed by atoms with Gasteiger partial charge in [0.25, 0.3) is 11.1 Å². The average molecular weight is 196 g/mol. The van der Waals surface area contributed by atoms with Crippen LogP contribution in [-0.4, -0.2) is 16.5 Å². The normalized spacial score (nSPS) is 10.6. The number of aryl methyl sites for hydroxylation is 1. The number of thioether (sulfide) groups is 1. The van der Waals surface area contributed by atoms with Crippen molar-refractivity contribution in [2.24, 2.45) is 0 Å². The van der Waals surface area contributed by atoms with Gasteiger partial charge in [-0.3, -0.25) is 0 Å². The summed E-state index contributed by atoms with van der Waals surface area (Å²) in [6.07, 6.45) is 3.49. The zero-order valence-electron chi connectivity index (χ0n) is 7.27. The summed E-state index contributed by atoms with van der Waals surface area (Å²) in [4.78, 5) is 0. The van der Waals surface area contributed by atoms with Crippen molar-refractivity contribution >= 4 is 11.8 Å². The minimum Gasteiger partial charge on any atom is -0.469 e. The third kappa shape index (κ3) is 1.47. The second-order valence-electron chi connectivity index (χ2n) is 2.47. The van der Waals surface area contributed by atoms with E-state index in [0.29, 0.717) is 11.1 Å². The van der Waals surface area contributed by atoms with Crippen LogP contribution in [0.5, 0.6) is 0 Å². The highest BCUT2D eigenvalue weighted by Gasteiger charge is 2.11. The lowest BCUT2D eigenvalue weighted by molar-refractivity contribution is 0.464. The van der Waals surface area contributed by atoms with Gasteiger partial charge in [-0.25, -0.2) is 0 Å². The average Bonchev–Trinajstić information content (AvgIpc) is 2.71. The molecule has 0 aliphatic carbocycles. The molecule has 0 radical (unpaired) electrons. The van der Waals surface area contributed by atoms with Crippen LogP contribution in [0.1, 0.15) is 5.76 Å². The Hall–Kier alpha value is -1.23. The first-order valence-corrected chi connectivity index (χ1v) is 4.95. The van der Waals surface area contributed by atoms with Crippen LogP contribution < -0.4 is 0 Å². The number of rotatable bonds is 2. The fraction of sp³-hybridized carbons (Fsp3) is 0.250. The molecule has 2 heterocycles. The minimum atomic E-state index is 0.510. The van der Waals surface area contributed by atoms with Gasteiger partial charge in [-0.2, -0.15) is 0 Å². The second-order valence-corrected chi connectivity index (χ2v) is 3.23. The fourth-order valence-corrected chi connectivity index (χ4v) is 1.29. The maximum atomic E-state index is 5.34. The summed E-state index contributed by atoms with van der Waals surface area (Å²) >= 11 is 1.42. The summed E-state index contributed by atoms with van der Waals surface area (Å²) in [7, 11) is 0. The van der Waals surface area contributed by atoms with Crippen LogP contribution in [0.25, 0.3) is 11.5 Å². The molecule has 0 fully saturated rings. The topological polar surface area (TPSA) is 52.1 Å². The van der Waals surface area contributed by atoms with Crippen molar-refractivity contribution in [3.63, 3.8) is 0 Å². The van der Waals surface area contributed by atoms with Crippen molar-refractivity contribution in [1.29, 1.82) is 0 Å². The zero-order chi connectivity index (χ0) is 9.26. The van der Waals surface area contributed by atoms with Gasteiger partial charge in [-0.05, 0) is 19.2 Å². The summed E-state index contributed by atoms with van der Waals surface area (Å²) < 4.78 is 10.5. The van der Waals surface area contributed by atoms with E-state index < -0.39 is 0 Å². The molecule has 0 atom stereocenters. The zero-order valence-corrected chi connectivity index (χ0v) is 8.09. The molecule has 0 saturated carbocycles. The standard InChI is InChI=1S/C8H8N2O2S/c1-5-6(3-4-11-5)7-9-10-8(12-7)13-2/h3-4H,1-2H3. The molecule has 0 spiro atoms. The van der Waals surface area contributed by atoms with Crippen LogP contribution in [0.2, 0.25) is 0 Å². The first-order chi connectivity index (χ1) is 6.31.